The number of carbonyl (C=O) groups excluding carboxylic acids is 1. The monoisotopic (exact) mass is 397 g/mol. The standard InChI is InChI=1S/C17H9BrFN5O/c18-11-1-2-13(14(19)3-11)15-5-17-22-12(8-25)4-16(24(17)23-15)10-6-20-9-21-7-10/h1-9H. The summed E-state index contributed by atoms with van der Waals surface area (Å²) < 4.78 is 16.4. The van der Waals surface area contributed by atoms with Crippen LogP contribution >= 0.6 is 15.9 Å². The molecule has 0 bridgehead atoms. The van der Waals surface area contributed by atoms with Gasteiger partial charge in [0.2, 0.25) is 0 Å². The number of aldehydes is 1. The molecular weight excluding hydrogens is 389 g/mol. The largest absolute Gasteiger partial charge is 0.296 e. The van der Waals surface area contributed by atoms with Crippen LogP contribution in [0.2, 0.25) is 0 Å². The zero-order valence-corrected chi connectivity index (χ0v) is 14.2. The molecule has 0 aliphatic rings. The zero-order chi connectivity index (χ0) is 17.4. The van der Waals surface area contributed by atoms with E-state index in [0.717, 1.165) is 0 Å². The smallest absolute Gasteiger partial charge is 0.168 e. The van der Waals surface area contributed by atoms with Crippen LogP contribution in [0.15, 0.2) is 53.5 Å². The van der Waals surface area contributed by atoms with Crippen molar-refractivity contribution in [3.8, 4) is 22.5 Å². The van der Waals surface area contributed by atoms with Gasteiger partial charge in [-0.2, -0.15) is 5.10 Å². The first-order chi connectivity index (χ1) is 12.2. The summed E-state index contributed by atoms with van der Waals surface area (Å²) in [4.78, 5) is 23.4. The number of hydrogen-bond acceptors (Lipinski definition) is 5. The fourth-order valence-corrected chi connectivity index (χ4v) is 2.85. The van der Waals surface area contributed by atoms with Crippen LogP contribution in [0.1, 0.15) is 10.5 Å². The summed E-state index contributed by atoms with van der Waals surface area (Å²) in [7, 11) is 0. The molecule has 0 aliphatic carbocycles. The van der Waals surface area contributed by atoms with Gasteiger partial charge in [0.25, 0.3) is 0 Å². The van der Waals surface area contributed by atoms with E-state index in [9.17, 15) is 9.18 Å². The van der Waals surface area contributed by atoms with E-state index in [1.807, 2.05) is 0 Å². The quantitative estimate of drug-likeness (QED) is 0.494. The number of hydrogen-bond donors (Lipinski definition) is 0. The van der Waals surface area contributed by atoms with Crippen LogP contribution in [-0.4, -0.2) is 30.9 Å². The van der Waals surface area contributed by atoms with E-state index in [4.69, 9.17) is 0 Å². The van der Waals surface area contributed by atoms with Gasteiger partial charge in [-0.15, -0.1) is 0 Å². The molecule has 6 nitrogen and oxygen atoms in total. The van der Waals surface area contributed by atoms with Crippen LogP contribution in [-0.2, 0) is 0 Å². The predicted molar refractivity (Wildman–Crippen MR) is 92.5 cm³/mol. The van der Waals surface area contributed by atoms with Crippen LogP contribution in [0, 0.1) is 5.82 Å². The van der Waals surface area contributed by atoms with E-state index in [1.165, 1.54) is 12.4 Å². The first-order valence-corrected chi connectivity index (χ1v) is 8.02. The van der Waals surface area contributed by atoms with Crippen molar-refractivity contribution in [2.75, 3.05) is 0 Å². The molecule has 0 atom stereocenters. The molecule has 4 aromatic rings. The van der Waals surface area contributed by atoms with E-state index in [2.05, 4.69) is 36.0 Å². The summed E-state index contributed by atoms with van der Waals surface area (Å²) in [5.41, 5.74) is 2.70. The fourth-order valence-electron chi connectivity index (χ4n) is 2.52. The van der Waals surface area contributed by atoms with Crippen molar-refractivity contribution in [1.82, 2.24) is 24.6 Å². The Hall–Kier alpha value is -3.00. The van der Waals surface area contributed by atoms with Crippen molar-refractivity contribution < 1.29 is 9.18 Å². The van der Waals surface area contributed by atoms with Crippen LogP contribution in [0.5, 0.6) is 0 Å². The summed E-state index contributed by atoms with van der Waals surface area (Å²) in [5.74, 6) is -0.405. The third-order valence-electron chi connectivity index (χ3n) is 3.63. The van der Waals surface area contributed by atoms with Crippen LogP contribution < -0.4 is 0 Å². The Labute approximate surface area is 149 Å². The lowest BCUT2D eigenvalue weighted by Gasteiger charge is -2.04. The molecule has 0 fully saturated rings. The zero-order valence-electron chi connectivity index (χ0n) is 12.6. The minimum absolute atomic E-state index is 0.245. The van der Waals surface area contributed by atoms with Gasteiger partial charge < -0.3 is 0 Å². The lowest BCUT2D eigenvalue weighted by molar-refractivity contribution is 0.111. The van der Waals surface area contributed by atoms with Gasteiger partial charge in [-0.25, -0.2) is 23.9 Å². The van der Waals surface area contributed by atoms with E-state index in [1.54, 1.807) is 41.2 Å². The Bertz CT molecular complexity index is 1100. The molecule has 122 valence electrons. The summed E-state index contributed by atoms with van der Waals surface area (Å²) in [6.45, 7) is 0. The maximum Gasteiger partial charge on any atom is 0.168 e. The summed E-state index contributed by atoms with van der Waals surface area (Å²) in [6, 6.07) is 7.96. The van der Waals surface area contributed by atoms with Gasteiger partial charge in [0.15, 0.2) is 11.9 Å². The molecule has 25 heavy (non-hydrogen) atoms. The molecule has 0 saturated heterocycles. The normalized spacial score (nSPS) is 11.0. The Morgan fingerprint density at radius 3 is 2.64 bits per heavy atom. The van der Waals surface area contributed by atoms with Crippen molar-refractivity contribution in [2.24, 2.45) is 0 Å². The van der Waals surface area contributed by atoms with Gasteiger partial charge in [0.1, 0.15) is 17.8 Å². The average Bonchev–Trinajstić information content (AvgIpc) is 3.05. The number of benzene rings is 1. The summed E-state index contributed by atoms with van der Waals surface area (Å²) >= 11 is 3.23. The number of nitrogens with zero attached hydrogens (tertiary/aromatic N) is 5. The van der Waals surface area contributed by atoms with Crippen molar-refractivity contribution >= 4 is 27.9 Å². The third-order valence-corrected chi connectivity index (χ3v) is 4.12. The Morgan fingerprint density at radius 1 is 1.12 bits per heavy atom. The van der Waals surface area contributed by atoms with Crippen LogP contribution in [0.25, 0.3) is 28.2 Å². The summed E-state index contributed by atoms with van der Waals surface area (Å²) in [6.07, 6.45) is 5.28. The Kier molecular flexibility index (Phi) is 3.81. The molecule has 8 heteroatoms. The van der Waals surface area contributed by atoms with Gasteiger partial charge >= 0.3 is 0 Å². The molecule has 0 N–H and O–H groups in total. The fraction of sp³-hybridized carbons (Fsp3) is 0. The highest BCUT2D eigenvalue weighted by Gasteiger charge is 2.15. The third kappa shape index (κ3) is 2.80. The molecule has 0 saturated carbocycles. The topological polar surface area (TPSA) is 73.0 Å². The Morgan fingerprint density at radius 2 is 1.92 bits per heavy atom. The molecule has 3 heterocycles. The van der Waals surface area contributed by atoms with Crippen LogP contribution in [0.3, 0.4) is 0 Å². The SMILES string of the molecule is O=Cc1cc(-c2cncnc2)n2nc(-c3ccc(Br)cc3F)cc2n1. The molecule has 0 radical (unpaired) electrons. The van der Waals surface area contributed by atoms with Crippen LogP contribution in [0.4, 0.5) is 4.39 Å². The maximum absolute atomic E-state index is 14.3. The molecule has 3 aromatic heterocycles. The van der Waals surface area contributed by atoms with Gasteiger partial charge in [0.05, 0.1) is 11.4 Å². The summed E-state index contributed by atoms with van der Waals surface area (Å²) in [5, 5.41) is 4.45. The minimum Gasteiger partial charge on any atom is -0.296 e. The molecule has 0 spiro atoms. The first kappa shape index (κ1) is 15.5. The maximum atomic E-state index is 14.3. The highest BCUT2D eigenvalue weighted by Crippen LogP contribution is 2.27. The van der Waals surface area contributed by atoms with Crippen molar-refractivity contribution in [3.63, 3.8) is 0 Å². The second kappa shape index (κ2) is 6.14. The highest BCUT2D eigenvalue weighted by atomic mass is 79.9. The predicted octanol–water partition coefficient (Wildman–Crippen LogP) is 3.57. The highest BCUT2D eigenvalue weighted by molar-refractivity contribution is 9.10. The molecular formula is C17H9BrFN5O. The number of carbonyl (C=O) groups is 1. The molecule has 4 rings (SSSR count). The van der Waals surface area contributed by atoms with Crippen molar-refractivity contribution in [2.45, 2.75) is 0 Å². The molecule has 1 aromatic carbocycles. The second-order valence-corrected chi connectivity index (χ2v) is 6.15. The number of aromatic nitrogens is 5. The van der Waals surface area contributed by atoms with E-state index in [-0.39, 0.29) is 5.69 Å². The van der Waals surface area contributed by atoms with Gasteiger partial charge in [-0.05, 0) is 24.3 Å². The average molecular weight is 398 g/mol. The lowest BCUT2D eigenvalue weighted by atomic mass is 10.1. The van der Waals surface area contributed by atoms with Crippen molar-refractivity contribution in [1.29, 1.82) is 0 Å². The molecule has 0 unspecified atom stereocenters. The van der Waals surface area contributed by atoms with E-state index in [0.29, 0.717) is 38.9 Å². The number of halogens is 2. The van der Waals surface area contributed by atoms with E-state index < -0.39 is 5.82 Å². The van der Waals surface area contributed by atoms with Crippen molar-refractivity contribution in [3.05, 3.63) is 65.0 Å². The molecule has 0 amide bonds. The van der Waals surface area contributed by atoms with Gasteiger partial charge in [-0.3, -0.25) is 4.79 Å². The second-order valence-electron chi connectivity index (χ2n) is 5.23. The van der Waals surface area contributed by atoms with Gasteiger partial charge in [0, 0.05) is 34.1 Å². The number of fused-ring (bicyclic) bond motifs is 1. The van der Waals surface area contributed by atoms with Gasteiger partial charge in [-0.1, -0.05) is 15.9 Å². The minimum atomic E-state index is -0.405. The Balaban J connectivity index is 1.97. The van der Waals surface area contributed by atoms with E-state index >= 15 is 0 Å². The first-order valence-electron chi connectivity index (χ1n) is 7.22. The number of rotatable bonds is 3. The molecule has 0 aliphatic heterocycles. The lowest BCUT2D eigenvalue weighted by Crippen LogP contribution is -2.00.